The quantitative estimate of drug-likeness (QED) is 0.602. The summed E-state index contributed by atoms with van der Waals surface area (Å²) < 4.78 is 10.7. The Kier molecular flexibility index (Phi) is 7.57. The van der Waals surface area contributed by atoms with Crippen LogP contribution in [-0.2, 0) is 14.3 Å². The minimum atomic E-state index is -0.311. The molecule has 1 aliphatic heterocycles. The van der Waals surface area contributed by atoms with E-state index in [2.05, 4.69) is 18.7 Å². The average Bonchev–Trinajstić information content (AvgIpc) is 2.46. The van der Waals surface area contributed by atoms with E-state index in [1.807, 2.05) is 0 Å². The van der Waals surface area contributed by atoms with Crippen LogP contribution in [0.2, 0.25) is 0 Å². The number of hydrogen-bond acceptors (Lipinski definition) is 4. The van der Waals surface area contributed by atoms with Gasteiger partial charge in [0.25, 0.3) is 0 Å². The maximum atomic E-state index is 11.6. The Morgan fingerprint density at radius 3 is 2.63 bits per heavy atom. The molecule has 1 saturated heterocycles. The molecule has 1 rings (SSSR count). The number of methoxy groups -OCH3 is 1. The minimum absolute atomic E-state index is 0.311. The Balaban J connectivity index is 2.69. The van der Waals surface area contributed by atoms with Gasteiger partial charge in [-0.3, -0.25) is 4.90 Å². The monoisotopic (exact) mass is 271 g/mol. The van der Waals surface area contributed by atoms with Gasteiger partial charge in [-0.1, -0.05) is 13.8 Å². The third kappa shape index (κ3) is 4.86. The van der Waals surface area contributed by atoms with Gasteiger partial charge < -0.3 is 14.3 Å². The van der Waals surface area contributed by atoms with Crippen LogP contribution < -0.4 is 0 Å². The zero-order valence-electron chi connectivity index (χ0n) is 12.7. The molecule has 0 amide bonds. The molecular formula is C15H29NO3. The van der Waals surface area contributed by atoms with E-state index < -0.39 is 0 Å². The van der Waals surface area contributed by atoms with Crippen LogP contribution >= 0.6 is 0 Å². The molecule has 0 aromatic heterocycles. The Labute approximate surface area is 117 Å². The second-order valence-corrected chi connectivity index (χ2v) is 5.57. The van der Waals surface area contributed by atoms with Gasteiger partial charge in [0.15, 0.2) is 0 Å². The average molecular weight is 271 g/mol. The van der Waals surface area contributed by atoms with Gasteiger partial charge in [0.05, 0.1) is 18.6 Å². The van der Waals surface area contributed by atoms with Crippen molar-refractivity contribution < 1.29 is 14.3 Å². The first-order valence-electron chi connectivity index (χ1n) is 7.48. The molecule has 19 heavy (non-hydrogen) atoms. The second-order valence-electron chi connectivity index (χ2n) is 5.57. The molecule has 1 aliphatic rings. The molecule has 1 fully saturated rings. The lowest BCUT2D eigenvalue weighted by atomic mass is 9.83. The molecule has 0 radical (unpaired) electrons. The van der Waals surface area contributed by atoms with E-state index in [0.29, 0.717) is 19.3 Å². The highest BCUT2D eigenvalue weighted by atomic mass is 16.5. The van der Waals surface area contributed by atoms with Gasteiger partial charge in [0.1, 0.15) is 6.29 Å². The number of ether oxygens (including phenoxy) is 2. The Bertz CT molecular complexity index is 248. The Morgan fingerprint density at radius 2 is 2.16 bits per heavy atom. The summed E-state index contributed by atoms with van der Waals surface area (Å²) in [6, 6.07) is 0.522. The summed E-state index contributed by atoms with van der Waals surface area (Å²) in [4.78, 5) is 14.0. The lowest BCUT2D eigenvalue weighted by molar-refractivity contribution is -0.126. The predicted octanol–water partition coefficient (Wildman–Crippen LogP) is 2.12. The lowest BCUT2D eigenvalue weighted by Gasteiger charge is -2.40. The highest BCUT2D eigenvalue weighted by Crippen LogP contribution is 2.28. The van der Waals surface area contributed by atoms with Crippen LogP contribution in [0, 0.1) is 5.41 Å². The summed E-state index contributed by atoms with van der Waals surface area (Å²) in [6.45, 7) is 8.17. The first-order valence-corrected chi connectivity index (χ1v) is 7.48. The van der Waals surface area contributed by atoms with E-state index >= 15 is 0 Å². The van der Waals surface area contributed by atoms with Gasteiger partial charge in [0.2, 0.25) is 0 Å². The van der Waals surface area contributed by atoms with Gasteiger partial charge in [-0.25, -0.2) is 0 Å². The molecule has 0 saturated carbocycles. The predicted molar refractivity (Wildman–Crippen MR) is 76.4 cm³/mol. The fourth-order valence-corrected chi connectivity index (χ4v) is 2.94. The SMILES string of the molecule is CCC(CC)N(CCOC)CC1(C=O)CCCOC1. The van der Waals surface area contributed by atoms with Crippen molar-refractivity contribution in [1.82, 2.24) is 4.90 Å². The Hall–Kier alpha value is -0.450. The standard InChI is InChI=1S/C15H29NO3/c1-4-14(5-2)16(8-10-18-3)11-15(12-17)7-6-9-19-13-15/h12,14H,4-11,13H2,1-3H3. The van der Waals surface area contributed by atoms with Crippen LogP contribution in [0.25, 0.3) is 0 Å². The second kappa shape index (κ2) is 8.67. The first kappa shape index (κ1) is 16.6. The van der Waals surface area contributed by atoms with Crippen molar-refractivity contribution in [3.8, 4) is 0 Å². The third-order valence-corrected chi connectivity index (χ3v) is 4.16. The van der Waals surface area contributed by atoms with Crippen molar-refractivity contribution in [2.75, 3.05) is 40.0 Å². The van der Waals surface area contributed by atoms with Crippen molar-refractivity contribution in [1.29, 1.82) is 0 Å². The molecular weight excluding hydrogens is 242 g/mol. The summed E-state index contributed by atoms with van der Waals surface area (Å²) in [5.74, 6) is 0. The van der Waals surface area contributed by atoms with E-state index in [1.165, 1.54) is 0 Å². The highest BCUT2D eigenvalue weighted by Gasteiger charge is 2.35. The number of carbonyl (C=O) groups excluding carboxylic acids is 1. The van der Waals surface area contributed by atoms with Gasteiger partial charge in [-0.05, 0) is 25.7 Å². The molecule has 0 N–H and O–H groups in total. The molecule has 0 spiro atoms. The number of hydrogen-bond donors (Lipinski definition) is 0. The van der Waals surface area contributed by atoms with Crippen molar-refractivity contribution in [3.63, 3.8) is 0 Å². The van der Waals surface area contributed by atoms with Gasteiger partial charge >= 0.3 is 0 Å². The largest absolute Gasteiger partial charge is 0.383 e. The van der Waals surface area contributed by atoms with E-state index in [1.54, 1.807) is 7.11 Å². The van der Waals surface area contributed by atoms with Crippen molar-refractivity contribution in [3.05, 3.63) is 0 Å². The maximum Gasteiger partial charge on any atom is 0.129 e. The zero-order chi connectivity index (χ0) is 14.1. The van der Waals surface area contributed by atoms with Crippen LogP contribution in [0.1, 0.15) is 39.5 Å². The number of carbonyl (C=O) groups is 1. The van der Waals surface area contributed by atoms with E-state index in [-0.39, 0.29) is 5.41 Å². The van der Waals surface area contributed by atoms with E-state index in [4.69, 9.17) is 9.47 Å². The van der Waals surface area contributed by atoms with Crippen LogP contribution in [0.3, 0.4) is 0 Å². The molecule has 1 unspecified atom stereocenters. The number of aldehydes is 1. The van der Waals surface area contributed by atoms with Crippen LogP contribution in [0.15, 0.2) is 0 Å². The maximum absolute atomic E-state index is 11.6. The molecule has 1 atom stereocenters. The first-order chi connectivity index (χ1) is 9.21. The van der Waals surface area contributed by atoms with Crippen LogP contribution in [-0.4, -0.2) is 57.2 Å². The molecule has 4 heteroatoms. The highest BCUT2D eigenvalue weighted by molar-refractivity contribution is 5.60. The molecule has 112 valence electrons. The minimum Gasteiger partial charge on any atom is -0.383 e. The van der Waals surface area contributed by atoms with Gasteiger partial charge in [-0.15, -0.1) is 0 Å². The van der Waals surface area contributed by atoms with E-state index in [0.717, 1.165) is 51.7 Å². The van der Waals surface area contributed by atoms with E-state index in [9.17, 15) is 4.79 Å². The molecule has 0 aromatic carbocycles. The summed E-state index contributed by atoms with van der Waals surface area (Å²) >= 11 is 0. The lowest BCUT2D eigenvalue weighted by Crippen LogP contribution is -2.48. The smallest absolute Gasteiger partial charge is 0.129 e. The normalized spacial score (nSPS) is 24.1. The molecule has 4 nitrogen and oxygen atoms in total. The summed E-state index contributed by atoms with van der Waals surface area (Å²) in [5.41, 5.74) is -0.311. The third-order valence-electron chi connectivity index (χ3n) is 4.16. The molecule has 0 aliphatic carbocycles. The topological polar surface area (TPSA) is 38.8 Å². The summed E-state index contributed by atoms with van der Waals surface area (Å²) in [7, 11) is 1.73. The molecule has 0 bridgehead atoms. The van der Waals surface area contributed by atoms with Crippen molar-refractivity contribution >= 4 is 6.29 Å². The van der Waals surface area contributed by atoms with Gasteiger partial charge in [-0.2, -0.15) is 0 Å². The molecule has 1 heterocycles. The number of rotatable bonds is 9. The Morgan fingerprint density at radius 1 is 1.42 bits per heavy atom. The fourth-order valence-electron chi connectivity index (χ4n) is 2.94. The van der Waals surface area contributed by atoms with Crippen molar-refractivity contribution in [2.24, 2.45) is 5.41 Å². The molecule has 0 aromatic rings. The fraction of sp³-hybridized carbons (Fsp3) is 0.933. The summed E-state index contributed by atoms with van der Waals surface area (Å²) in [6.07, 6.45) is 5.26. The zero-order valence-corrected chi connectivity index (χ0v) is 12.7. The van der Waals surface area contributed by atoms with Crippen molar-refractivity contribution in [2.45, 2.75) is 45.6 Å². The number of nitrogens with zero attached hydrogens (tertiary/aromatic N) is 1. The van der Waals surface area contributed by atoms with Crippen LogP contribution in [0.5, 0.6) is 0 Å². The van der Waals surface area contributed by atoms with Gasteiger partial charge in [0, 0.05) is 32.8 Å². The summed E-state index contributed by atoms with van der Waals surface area (Å²) in [5, 5.41) is 0. The van der Waals surface area contributed by atoms with Crippen LogP contribution in [0.4, 0.5) is 0 Å².